The summed E-state index contributed by atoms with van der Waals surface area (Å²) in [7, 11) is 3.79. The van der Waals surface area contributed by atoms with Crippen LogP contribution in [0.5, 0.6) is 0 Å². The molecule has 2 heteroatoms. The molecule has 0 amide bonds. The number of hydrogen-bond donors (Lipinski definition) is 0. The summed E-state index contributed by atoms with van der Waals surface area (Å²) in [6.45, 7) is 3.80. The number of rotatable bonds is 2. The molecule has 1 heterocycles. The Labute approximate surface area is 92.9 Å². The molecule has 2 unspecified atom stereocenters. The molecule has 0 aromatic heterocycles. The van der Waals surface area contributed by atoms with Crippen LogP contribution in [-0.2, 0) is 0 Å². The standard InChI is InChI=1S/C12H12S2/c1-2-11-8-9-12(14-13-11)10-6-4-3-5-7-10/h2-9,11-12H,1H2. The largest absolute Gasteiger partial charge is 0.102 e. The fourth-order valence-electron chi connectivity index (χ4n) is 1.33. The van der Waals surface area contributed by atoms with E-state index >= 15 is 0 Å². The van der Waals surface area contributed by atoms with Gasteiger partial charge in [0.2, 0.25) is 0 Å². The van der Waals surface area contributed by atoms with Crippen LogP contribution in [-0.4, -0.2) is 5.25 Å². The van der Waals surface area contributed by atoms with Gasteiger partial charge in [-0.3, -0.25) is 0 Å². The van der Waals surface area contributed by atoms with Gasteiger partial charge in [0.1, 0.15) is 0 Å². The summed E-state index contributed by atoms with van der Waals surface area (Å²) in [5.74, 6) is 0. The van der Waals surface area contributed by atoms with E-state index in [1.165, 1.54) is 5.56 Å². The lowest BCUT2D eigenvalue weighted by Crippen LogP contribution is -1.99. The molecule has 2 rings (SSSR count). The minimum Gasteiger partial charge on any atom is -0.102 e. The van der Waals surface area contributed by atoms with E-state index in [2.05, 4.69) is 49.1 Å². The molecule has 0 radical (unpaired) electrons. The molecule has 1 aliphatic rings. The topological polar surface area (TPSA) is 0 Å². The molecular weight excluding hydrogens is 208 g/mol. The van der Waals surface area contributed by atoms with Crippen LogP contribution in [0.25, 0.3) is 0 Å². The third-order valence-electron chi connectivity index (χ3n) is 2.11. The third-order valence-corrected chi connectivity index (χ3v) is 5.05. The van der Waals surface area contributed by atoms with E-state index in [0.29, 0.717) is 10.5 Å². The molecule has 0 saturated carbocycles. The first-order valence-corrected chi connectivity index (χ1v) is 6.86. The Morgan fingerprint density at radius 2 is 1.86 bits per heavy atom. The highest BCUT2D eigenvalue weighted by molar-refractivity contribution is 8.77. The Morgan fingerprint density at radius 3 is 2.43 bits per heavy atom. The maximum atomic E-state index is 3.80. The lowest BCUT2D eigenvalue weighted by Gasteiger charge is -2.19. The van der Waals surface area contributed by atoms with Crippen molar-refractivity contribution in [3.05, 3.63) is 60.7 Å². The zero-order chi connectivity index (χ0) is 9.80. The van der Waals surface area contributed by atoms with Crippen molar-refractivity contribution in [1.29, 1.82) is 0 Å². The highest BCUT2D eigenvalue weighted by atomic mass is 33.1. The van der Waals surface area contributed by atoms with Gasteiger partial charge in [-0.05, 0) is 5.56 Å². The average molecular weight is 220 g/mol. The van der Waals surface area contributed by atoms with Crippen LogP contribution in [0, 0.1) is 0 Å². The van der Waals surface area contributed by atoms with E-state index in [1.807, 2.05) is 27.7 Å². The molecule has 0 N–H and O–H groups in total. The summed E-state index contributed by atoms with van der Waals surface area (Å²) < 4.78 is 0. The van der Waals surface area contributed by atoms with Crippen molar-refractivity contribution in [3.8, 4) is 0 Å². The van der Waals surface area contributed by atoms with Crippen molar-refractivity contribution >= 4 is 21.6 Å². The predicted octanol–water partition coefficient (Wildman–Crippen LogP) is 4.23. The molecule has 0 bridgehead atoms. The quantitative estimate of drug-likeness (QED) is 0.540. The predicted molar refractivity (Wildman–Crippen MR) is 67.5 cm³/mol. The highest BCUT2D eigenvalue weighted by Gasteiger charge is 2.15. The molecule has 1 aromatic carbocycles. The summed E-state index contributed by atoms with van der Waals surface area (Å²) in [4.78, 5) is 0. The lowest BCUT2D eigenvalue weighted by atomic mass is 10.1. The zero-order valence-electron chi connectivity index (χ0n) is 7.80. The maximum absolute atomic E-state index is 3.80. The third kappa shape index (κ3) is 2.25. The number of hydrogen-bond acceptors (Lipinski definition) is 2. The summed E-state index contributed by atoms with van der Waals surface area (Å²) in [6, 6.07) is 10.6. The van der Waals surface area contributed by atoms with Crippen molar-refractivity contribution in [2.45, 2.75) is 10.5 Å². The van der Waals surface area contributed by atoms with Gasteiger partial charge in [0.15, 0.2) is 0 Å². The molecule has 1 aliphatic heterocycles. The monoisotopic (exact) mass is 220 g/mol. The molecule has 14 heavy (non-hydrogen) atoms. The molecule has 0 fully saturated rings. The van der Waals surface area contributed by atoms with Gasteiger partial charge in [-0.25, -0.2) is 0 Å². The molecule has 1 aromatic rings. The molecule has 0 spiro atoms. The van der Waals surface area contributed by atoms with Gasteiger partial charge >= 0.3 is 0 Å². The van der Waals surface area contributed by atoms with Crippen LogP contribution in [0.15, 0.2) is 55.1 Å². The van der Waals surface area contributed by atoms with Crippen LogP contribution < -0.4 is 0 Å². The summed E-state index contributed by atoms with van der Waals surface area (Å²) in [5, 5.41) is 0.970. The molecule has 0 saturated heterocycles. The Kier molecular flexibility index (Phi) is 3.38. The van der Waals surface area contributed by atoms with Gasteiger partial charge in [0.05, 0.1) is 10.5 Å². The molecular formula is C12H12S2. The van der Waals surface area contributed by atoms with E-state index in [1.54, 1.807) is 0 Å². The first-order chi connectivity index (χ1) is 6.90. The van der Waals surface area contributed by atoms with Crippen molar-refractivity contribution < 1.29 is 0 Å². The fourth-order valence-corrected chi connectivity index (χ4v) is 3.93. The van der Waals surface area contributed by atoms with E-state index in [0.717, 1.165) is 0 Å². The first kappa shape index (κ1) is 9.94. The van der Waals surface area contributed by atoms with Gasteiger partial charge < -0.3 is 0 Å². The van der Waals surface area contributed by atoms with Gasteiger partial charge in [0.25, 0.3) is 0 Å². The van der Waals surface area contributed by atoms with Crippen LogP contribution in [0.2, 0.25) is 0 Å². The zero-order valence-corrected chi connectivity index (χ0v) is 9.43. The molecule has 72 valence electrons. The maximum Gasteiger partial charge on any atom is 0.0581 e. The van der Waals surface area contributed by atoms with Crippen molar-refractivity contribution in [3.63, 3.8) is 0 Å². The Balaban J connectivity index is 2.12. The van der Waals surface area contributed by atoms with Gasteiger partial charge in [-0.1, -0.05) is 70.1 Å². The molecule has 0 aliphatic carbocycles. The smallest absolute Gasteiger partial charge is 0.0581 e. The van der Waals surface area contributed by atoms with Crippen molar-refractivity contribution in [2.75, 3.05) is 0 Å². The van der Waals surface area contributed by atoms with Crippen LogP contribution in [0.3, 0.4) is 0 Å². The minimum atomic E-state index is 0.472. The Bertz CT molecular complexity index is 329. The summed E-state index contributed by atoms with van der Waals surface area (Å²) in [6.07, 6.45) is 6.48. The number of benzene rings is 1. The molecule has 2 atom stereocenters. The van der Waals surface area contributed by atoms with Gasteiger partial charge in [-0.15, -0.1) is 6.58 Å². The fraction of sp³-hybridized carbons (Fsp3) is 0.167. The van der Waals surface area contributed by atoms with Crippen LogP contribution in [0.4, 0.5) is 0 Å². The van der Waals surface area contributed by atoms with E-state index in [-0.39, 0.29) is 0 Å². The van der Waals surface area contributed by atoms with Crippen molar-refractivity contribution in [1.82, 2.24) is 0 Å². The second kappa shape index (κ2) is 4.76. The van der Waals surface area contributed by atoms with Crippen molar-refractivity contribution in [2.24, 2.45) is 0 Å². The summed E-state index contributed by atoms with van der Waals surface area (Å²) >= 11 is 0. The SMILES string of the molecule is C=CC1C=CC(c2ccccc2)SS1. The first-order valence-electron chi connectivity index (χ1n) is 4.58. The molecule has 0 nitrogen and oxygen atoms in total. The average Bonchev–Trinajstić information content (AvgIpc) is 2.30. The highest BCUT2D eigenvalue weighted by Crippen LogP contribution is 2.45. The lowest BCUT2D eigenvalue weighted by molar-refractivity contribution is 1.21. The van der Waals surface area contributed by atoms with E-state index < -0.39 is 0 Å². The normalized spacial score (nSPS) is 26.0. The minimum absolute atomic E-state index is 0.472. The van der Waals surface area contributed by atoms with Gasteiger partial charge in [0, 0.05) is 0 Å². The van der Waals surface area contributed by atoms with Crippen LogP contribution in [0.1, 0.15) is 10.8 Å². The van der Waals surface area contributed by atoms with Gasteiger partial charge in [-0.2, -0.15) is 0 Å². The second-order valence-corrected chi connectivity index (χ2v) is 5.70. The van der Waals surface area contributed by atoms with E-state index in [4.69, 9.17) is 0 Å². The summed E-state index contributed by atoms with van der Waals surface area (Å²) in [5.41, 5.74) is 1.38. The van der Waals surface area contributed by atoms with E-state index in [9.17, 15) is 0 Å². The Hall–Kier alpha value is -0.600. The second-order valence-electron chi connectivity index (χ2n) is 3.11. The Morgan fingerprint density at radius 1 is 1.07 bits per heavy atom. The van der Waals surface area contributed by atoms with Crippen LogP contribution >= 0.6 is 21.6 Å².